The van der Waals surface area contributed by atoms with Crippen LogP contribution in [0.25, 0.3) is 0 Å². The predicted octanol–water partition coefficient (Wildman–Crippen LogP) is 1.84. The fourth-order valence-corrected chi connectivity index (χ4v) is 0.411. The highest BCUT2D eigenvalue weighted by Gasteiger charge is 1.68. The Morgan fingerprint density at radius 1 is 1.60 bits per heavy atom. The number of nitrogens with zero attached hydrogens (tertiary/aromatic N) is 1. The molecule has 0 atom stereocenters. The van der Waals surface area contributed by atoms with Gasteiger partial charge in [-0.3, -0.25) is 4.99 Å². The molecule has 10 heavy (non-hydrogen) atoms. The Hall–Kier alpha value is -1.05. The van der Waals surface area contributed by atoms with E-state index in [1.165, 1.54) is 0 Å². The SMILES string of the molecule is CC/C=N/C=C\C=C(/C)N. The van der Waals surface area contributed by atoms with Crippen molar-refractivity contribution < 1.29 is 0 Å². The summed E-state index contributed by atoms with van der Waals surface area (Å²) in [4.78, 5) is 3.96. The van der Waals surface area contributed by atoms with Crippen molar-refractivity contribution in [1.82, 2.24) is 0 Å². The van der Waals surface area contributed by atoms with E-state index in [1.54, 1.807) is 6.20 Å². The molecule has 2 heteroatoms. The van der Waals surface area contributed by atoms with E-state index < -0.39 is 0 Å². The lowest BCUT2D eigenvalue weighted by molar-refractivity contribution is 1.30. The lowest BCUT2D eigenvalue weighted by Gasteiger charge is -1.81. The van der Waals surface area contributed by atoms with Gasteiger partial charge in [-0.2, -0.15) is 0 Å². The molecule has 0 fully saturated rings. The van der Waals surface area contributed by atoms with Gasteiger partial charge in [-0.25, -0.2) is 0 Å². The van der Waals surface area contributed by atoms with Crippen LogP contribution in [0.1, 0.15) is 20.3 Å². The quantitative estimate of drug-likeness (QED) is 0.469. The minimum Gasteiger partial charge on any atom is -0.402 e. The van der Waals surface area contributed by atoms with Crippen LogP contribution < -0.4 is 5.73 Å². The van der Waals surface area contributed by atoms with E-state index >= 15 is 0 Å². The molecule has 2 nitrogen and oxygen atoms in total. The van der Waals surface area contributed by atoms with Gasteiger partial charge in [-0.05, 0) is 25.5 Å². The molecule has 0 spiro atoms. The molecular weight excluding hydrogens is 124 g/mol. The smallest absolute Gasteiger partial charge is 0.0264 e. The van der Waals surface area contributed by atoms with Crippen LogP contribution in [0.3, 0.4) is 0 Å². The van der Waals surface area contributed by atoms with Gasteiger partial charge in [0, 0.05) is 18.1 Å². The third kappa shape index (κ3) is 6.95. The van der Waals surface area contributed by atoms with Crippen LogP contribution in [-0.2, 0) is 0 Å². The zero-order valence-corrected chi connectivity index (χ0v) is 6.54. The molecule has 0 amide bonds. The fraction of sp³-hybridized carbons (Fsp3) is 0.375. The molecule has 0 aromatic carbocycles. The summed E-state index contributed by atoms with van der Waals surface area (Å²) in [6.07, 6.45) is 8.17. The molecule has 2 N–H and O–H groups in total. The highest BCUT2D eigenvalue weighted by Crippen LogP contribution is 1.82. The van der Waals surface area contributed by atoms with Gasteiger partial charge < -0.3 is 5.73 Å². The van der Waals surface area contributed by atoms with E-state index in [0.717, 1.165) is 12.1 Å². The maximum atomic E-state index is 5.37. The molecule has 0 aliphatic heterocycles. The molecule has 56 valence electrons. The normalized spacial score (nSPS) is 13.6. The molecule has 0 radical (unpaired) electrons. The van der Waals surface area contributed by atoms with Crippen molar-refractivity contribution in [1.29, 1.82) is 0 Å². The molecule has 0 saturated carbocycles. The van der Waals surface area contributed by atoms with Crippen LogP contribution in [0.2, 0.25) is 0 Å². The number of nitrogens with two attached hydrogens (primary N) is 1. The molecule has 0 unspecified atom stereocenters. The summed E-state index contributed by atoms with van der Waals surface area (Å²) in [6.45, 7) is 3.88. The fourth-order valence-electron chi connectivity index (χ4n) is 0.411. The van der Waals surface area contributed by atoms with Crippen LogP contribution in [-0.4, -0.2) is 6.21 Å². The Balaban J connectivity index is 3.57. The third-order valence-electron chi connectivity index (χ3n) is 0.819. The van der Waals surface area contributed by atoms with Crippen molar-refractivity contribution in [3.8, 4) is 0 Å². The molecule has 0 bridgehead atoms. The van der Waals surface area contributed by atoms with Crippen molar-refractivity contribution in [3.63, 3.8) is 0 Å². The number of aliphatic imine (C=N–C) groups is 1. The first kappa shape index (κ1) is 8.95. The van der Waals surface area contributed by atoms with Gasteiger partial charge in [0.2, 0.25) is 0 Å². The first-order chi connectivity index (χ1) is 4.77. The molecule has 0 saturated heterocycles. The number of allylic oxidation sites excluding steroid dienone is 3. The number of hydrogen-bond acceptors (Lipinski definition) is 2. The van der Waals surface area contributed by atoms with Gasteiger partial charge in [-0.15, -0.1) is 0 Å². The second-order valence-electron chi connectivity index (χ2n) is 1.99. The molecular formula is C8H14N2. The van der Waals surface area contributed by atoms with Gasteiger partial charge >= 0.3 is 0 Å². The van der Waals surface area contributed by atoms with Crippen molar-refractivity contribution >= 4 is 6.21 Å². The van der Waals surface area contributed by atoms with Crippen LogP contribution in [0.5, 0.6) is 0 Å². The summed E-state index contributed by atoms with van der Waals surface area (Å²) in [5, 5.41) is 0. The second-order valence-corrected chi connectivity index (χ2v) is 1.99. The van der Waals surface area contributed by atoms with Crippen LogP contribution >= 0.6 is 0 Å². The highest BCUT2D eigenvalue weighted by molar-refractivity contribution is 5.57. The first-order valence-corrected chi connectivity index (χ1v) is 3.38. The minimum absolute atomic E-state index is 0.794. The van der Waals surface area contributed by atoms with Gasteiger partial charge in [-0.1, -0.05) is 6.92 Å². The van der Waals surface area contributed by atoms with Crippen molar-refractivity contribution in [2.75, 3.05) is 0 Å². The van der Waals surface area contributed by atoms with Crippen LogP contribution in [0.4, 0.5) is 0 Å². The van der Waals surface area contributed by atoms with Gasteiger partial charge in [0.05, 0.1) is 0 Å². The lowest BCUT2D eigenvalue weighted by Crippen LogP contribution is -1.87. The van der Waals surface area contributed by atoms with E-state index in [1.807, 2.05) is 32.2 Å². The largest absolute Gasteiger partial charge is 0.402 e. The lowest BCUT2D eigenvalue weighted by atomic mass is 10.4. The Kier molecular flexibility index (Phi) is 5.44. The maximum absolute atomic E-state index is 5.37. The summed E-state index contributed by atoms with van der Waals surface area (Å²) in [5.41, 5.74) is 6.16. The minimum atomic E-state index is 0.794. The average Bonchev–Trinajstić information content (AvgIpc) is 1.87. The van der Waals surface area contributed by atoms with E-state index in [-0.39, 0.29) is 0 Å². The zero-order valence-electron chi connectivity index (χ0n) is 6.54. The van der Waals surface area contributed by atoms with Crippen molar-refractivity contribution in [3.05, 3.63) is 24.0 Å². The molecule has 0 aromatic heterocycles. The summed E-state index contributed by atoms with van der Waals surface area (Å²) in [7, 11) is 0. The standard InChI is InChI=1S/C8H14N2/c1-3-6-10-7-4-5-8(2)9/h4-7H,3,9H2,1-2H3/b7-4-,8-5+,10-6+. The first-order valence-electron chi connectivity index (χ1n) is 3.38. The summed E-state index contributed by atoms with van der Waals surface area (Å²) >= 11 is 0. The van der Waals surface area contributed by atoms with Crippen LogP contribution in [0.15, 0.2) is 29.0 Å². The van der Waals surface area contributed by atoms with Crippen molar-refractivity contribution in [2.24, 2.45) is 10.7 Å². The van der Waals surface area contributed by atoms with E-state index in [2.05, 4.69) is 4.99 Å². The molecule has 0 aromatic rings. The predicted molar refractivity (Wildman–Crippen MR) is 45.9 cm³/mol. The van der Waals surface area contributed by atoms with E-state index in [4.69, 9.17) is 5.73 Å². The Labute approximate surface area is 62.1 Å². The second kappa shape index (κ2) is 6.08. The Bertz CT molecular complexity index is 151. The molecule has 0 heterocycles. The maximum Gasteiger partial charge on any atom is 0.0264 e. The molecule has 0 aliphatic rings. The topological polar surface area (TPSA) is 38.4 Å². The van der Waals surface area contributed by atoms with E-state index in [9.17, 15) is 0 Å². The van der Waals surface area contributed by atoms with Gasteiger partial charge in [0.25, 0.3) is 0 Å². The number of hydrogen-bond donors (Lipinski definition) is 1. The van der Waals surface area contributed by atoms with Gasteiger partial charge in [0.15, 0.2) is 0 Å². The molecule has 0 rings (SSSR count). The number of rotatable bonds is 3. The van der Waals surface area contributed by atoms with Crippen molar-refractivity contribution in [2.45, 2.75) is 20.3 Å². The third-order valence-corrected chi connectivity index (χ3v) is 0.819. The highest BCUT2D eigenvalue weighted by atomic mass is 14.7. The van der Waals surface area contributed by atoms with Crippen LogP contribution in [0, 0.1) is 0 Å². The Morgan fingerprint density at radius 2 is 2.30 bits per heavy atom. The van der Waals surface area contributed by atoms with E-state index in [0.29, 0.717) is 0 Å². The zero-order chi connectivity index (χ0) is 7.82. The Morgan fingerprint density at radius 3 is 2.80 bits per heavy atom. The monoisotopic (exact) mass is 138 g/mol. The summed E-state index contributed by atoms with van der Waals surface area (Å²) < 4.78 is 0. The van der Waals surface area contributed by atoms with Gasteiger partial charge in [0.1, 0.15) is 0 Å². The average molecular weight is 138 g/mol. The summed E-state index contributed by atoms with van der Waals surface area (Å²) in [6, 6.07) is 0. The molecule has 0 aliphatic carbocycles. The summed E-state index contributed by atoms with van der Waals surface area (Å²) in [5.74, 6) is 0.